The summed E-state index contributed by atoms with van der Waals surface area (Å²) < 4.78 is 0. The summed E-state index contributed by atoms with van der Waals surface area (Å²) in [6.07, 6.45) is 6.94. The van der Waals surface area contributed by atoms with Crippen molar-refractivity contribution in [2.75, 3.05) is 6.54 Å². The highest BCUT2D eigenvalue weighted by molar-refractivity contribution is 5.94. The van der Waals surface area contributed by atoms with Gasteiger partial charge in [0.15, 0.2) is 0 Å². The minimum absolute atomic E-state index is 0.0127. The zero-order valence-corrected chi connectivity index (χ0v) is 13.7. The number of benzene rings is 1. The molecule has 23 heavy (non-hydrogen) atoms. The van der Waals surface area contributed by atoms with E-state index in [2.05, 4.69) is 27.5 Å². The molecule has 0 radical (unpaired) electrons. The number of carbonyl (C=O) groups is 1. The van der Waals surface area contributed by atoms with Gasteiger partial charge >= 0.3 is 0 Å². The molecule has 0 saturated carbocycles. The molecule has 0 bridgehead atoms. The Kier molecular flexibility index (Phi) is 6.69. The normalized spacial score (nSPS) is 11.9. The van der Waals surface area contributed by atoms with E-state index in [1.807, 2.05) is 31.2 Å². The quantitative estimate of drug-likeness (QED) is 0.785. The monoisotopic (exact) mass is 312 g/mol. The molecule has 1 unspecified atom stereocenters. The zero-order chi connectivity index (χ0) is 16.5. The molecule has 1 aromatic carbocycles. The topological polar surface area (TPSA) is 66.9 Å². The van der Waals surface area contributed by atoms with Crippen LogP contribution >= 0.6 is 0 Å². The lowest BCUT2D eigenvalue weighted by atomic mass is 10.1. The first kappa shape index (κ1) is 17.1. The van der Waals surface area contributed by atoms with Gasteiger partial charge in [-0.3, -0.25) is 14.8 Å². The maximum atomic E-state index is 12.0. The average Bonchev–Trinajstić information content (AvgIpc) is 2.59. The number of nitrogens with one attached hydrogen (secondary N) is 2. The predicted octanol–water partition coefficient (Wildman–Crippen LogP) is 2.34. The van der Waals surface area contributed by atoms with E-state index >= 15 is 0 Å². The molecule has 1 amide bonds. The lowest BCUT2D eigenvalue weighted by Crippen LogP contribution is -2.28. The first-order valence-electron chi connectivity index (χ1n) is 8.04. The van der Waals surface area contributed by atoms with Gasteiger partial charge in [0.2, 0.25) is 0 Å². The molecular formula is C18H24N4O. The molecule has 0 aliphatic heterocycles. The van der Waals surface area contributed by atoms with Crippen molar-refractivity contribution in [3.63, 3.8) is 0 Å². The fraction of sp³-hybridized carbons (Fsp3) is 0.389. The number of rotatable bonds is 8. The molecule has 0 fully saturated rings. The van der Waals surface area contributed by atoms with Crippen molar-refractivity contribution in [1.82, 2.24) is 20.6 Å². The Balaban J connectivity index is 1.86. The van der Waals surface area contributed by atoms with Crippen LogP contribution in [0.1, 0.15) is 41.9 Å². The summed E-state index contributed by atoms with van der Waals surface area (Å²) in [7, 11) is 0. The van der Waals surface area contributed by atoms with Gasteiger partial charge in [0.25, 0.3) is 5.91 Å². The van der Waals surface area contributed by atoms with Gasteiger partial charge in [-0.1, -0.05) is 19.1 Å². The Morgan fingerprint density at radius 1 is 1.30 bits per heavy atom. The summed E-state index contributed by atoms with van der Waals surface area (Å²) in [5, 5.41) is 6.36. The Morgan fingerprint density at radius 3 is 2.91 bits per heavy atom. The minimum atomic E-state index is -0.0127. The van der Waals surface area contributed by atoms with E-state index in [4.69, 9.17) is 0 Å². The van der Waals surface area contributed by atoms with Crippen LogP contribution in [0.2, 0.25) is 0 Å². The van der Waals surface area contributed by atoms with Crippen molar-refractivity contribution in [1.29, 1.82) is 0 Å². The van der Waals surface area contributed by atoms with Crippen LogP contribution in [0, 0.1) is 0 Å². The predicted molar refractivity (Wildman–Crippen MR) is 91.1 cm³/mol. The second kappa shape index (κ2) is 9.00. The van der Waals surface area contributed by atoms with Gasteiger partial charge in [-0.05, 0) is 31.0 Å². The molecule has 2 aromatic rings. The van der Waals surface area contributed by atoms with Crippen LogP contribution < -0.4 is 10.6 Å². The van der Waals surface area contributed by atoms with Gasteiger partial charge < -0.3 is 10.6 Å². The first-order valence-corrected chi connectivity index (χ1v) is 8.04. The van der Waals surface area contributed by atoms with Crippen LogP contribution in [0.3, 0.4) is 0 Å². The van der Waals surface area contributed by atoms with Gasteiger partial charge in [0, 0.05) is 49.7 Å². The molecule has 0 aliphatic rings. The van der Waals surface area contributed by atoms with Crippen molar-refractivity contribution in [2.45, 2.75) is 39.3 Å². The molecule has 0 aliphatic carbocycles. The molecule has 1 aromatic heterocycles. The second-order valence-corrected chi connectivity index (χ2v) is 5.64. The summed E-state index contributed by atoms with van der Waals surface area (Å²) >= 11 is 0. The largest absolute Gasteiger partial charge is 0.352 e. The highest BCUT2D eigenvalue weighted by Gasteiger charge is 2.07. The molecule has 2 N–H and O–H groups in total. The third-order valence-corrected chi connectivity index (χ3v) is 3.51. The van der Waals surface area contributed by atoms with Crippen LogP contribution in [0.15, 0.2) is 42.9 Å². The fourth-order valence-electron chi connectivity index (χ4n) is 2.28. The number of carbonyl (C=O) groups excluding carboxylic acids is 1. The molecule has 1 atom stereocenters. The lowest BCUT2D eigenvalue weighted by Gasteiger charge is -2.13. The highest BCUT2D eigenvalue weighted by Crippen LogP contribution is 2.06. The Labute approximate surface area is 137 Å². The van der Waals surface area contributed by atoms with Crippen molar-refractivity contribution < 1.29 is 4.79 Å². The standard InChI is InChI=1S/C18H24N4O/c1-3-7-21-18(23)16-6-4-5-15(11-16)12-22-14(2)10-17-13-19-8-9-20-17/h4-6,8-9,11,13-14,22H,3,7,10,12H2,1-2H3,(H,21,23). The Morgan fingerprint density at radius 2 is 2.17 bits per heavy atom. The van der Waals surface area contributed by atoms with Crippen LogP contribution in [-0.4, -0.2) is 28.5 Å². The van der Waals surface area contributed by atoms with E-state index in [1.54, 1.807) is 18.6 Å². The molecule has 1 heterocycles. The number of hydrogen-bond donors (Lipinski definition) is 2. The highest BCUT2D eigenvalue weighted by atomic mass is 16.1. The number of nitrogens with zero attached hydrogens (tertiary/aromatic N) is 2. The fourth-order valence-corrected chi connectivity index (χ4v) is 2.28. The van der Waals surface area contributed by atoms with Gasteiger partial charge in [-0.2, -0.15) is 0 Å². The van der Waals surface area contributed by atoms with E-state index in [9.17, 15) is 4.79 Å². The van der Waals surface area contributed by atoms with E-state index in [0.717, 1.165) is 30.6 Å². The van der Waals surface area contributed by atoms with Crippen molar-refractivity contribution in [3.05, 3.63) is 59.7 Å². The van der Waals surface area contributed by atoms with Gasteiger partial charge in [-0.25, -0.2) is 0 Å². The smallest absolute Gasteiger partial charge is 0.251 e. The maximum Gasteiger partial charge on any atom is 0.251 e. The van der Waals surface area contributed by atoms with Crippen LogP contribution in [-0.2, 0) is 13.0 Å². The molecule has 5 nitrogen and oxygen atoms in total. The van der Waals surface area contributed by atoms with Crippen LogP contribution in [0.5, 0.6) is 0 Å². The second-order valence-electron chi connectivity index (χ2n) is 5.64. The maximum absolute atomic E-state index is 12.0. The minimum Gasteiger partial charge on any atom is -0.352 e. The Hall–Kier alpha value is -2.27. The molecule has 0 spiro atoms. The van der Waals surface area contributed by atoms with Gasteiger partial charge in [-0.15, -0.1) is 0 Å². The number of hydrogen-bond acceptors (Lipinski definition) is 4. The Bertz CT molecular complexity index is 615. The summed E-state index contributed by atoms with van der Waals surface area (Å²) in [5.41, 5.74) is 2.78. The number of amides is 1. The molecule has 5 heteroatoms. The first-order chi connectivity index (χ1) is 11.2. The van der Waals surface area contributed by atoms with E-state index < -0.39 is 0 Å². The zero-order valence-electron chi connectivity index (χ0n) is 13.7. The SMILES string of the molecule is CCCNC(=O)c1cccc(CNC(C)Cc2cnccn2)c1. The van der Waals surface area contributed by atoms with Crippen LogP contribution in [0.25, 0.3) is 0 Å². The summed E-state index contributed by atoms with van der Waals surface area (Å²) in [6.45, 7) is 5.58. The van der Waals surface area contributed by atoms with Crippen molar-refractivity contribution >= 4 is 5.91 Å². The molecular weight excluding hydrogens is 288 g/mol. The van der Waals surface area contributed by atoms with Crippen molar-refractivity contribution in [2.24, 2.45) is 0 Å². The van der Waals surface area contributed by atoms with Crippen LogP contribution in [0.4, 0.5) is 0 Å². The summed E-state index contributed by atoms with van der Waals surface area (Å²) in [6, 6.07) is 8.01. The molecule has 2 rings (SSSR count). The third-order valence-electron chi connectivity index (χ3n) is 3.51. The van der Waals surface area contributed by atoms with E-state index in [-0.39, 0.29) is 11.9 Å². The lowest BCUT2D eigenvalue weighted by molar-refractivity contribution is 0.0953. The molecule has 122 valence electrons. The summed E-state index contributed by atoms with van der Waals surface area (Å²) in [5.74, 6) is -0.0127. The summed E-state index contributed by atoms with van der Waals surface area (Å²) in [4.78, 5) is 20.3. The third kappa shape index (κ3) is 5.79. The van der Waals surface area contributed by atoms with E-state index in [0.29, 0.717) is 12.1 Å². The van der Waals surface area contributed by atoms with Gasteiger partial charge in [0.1, 0.15) is 0 Å². The average molecular weight is 312 g/mol. The van der Waals surface area contributed by atoms with E-state index in [1.165, 1.54) is 0 Å². The van der Waals surface area contributed by atoms with Gasteiger partial charge in [0.05, 0.1) is 5.69 Å². The number of aromatic nitrogens is 2. The van der Waals surface area contributed by atoms with Crippen molar-refractivity contribution in [3.8, 4) is 0 Å². The molecule has 0 saturated heterocycles.